The summed E-state index contributed by atoms with van der Waals surface area (Å²) in [5.41, 5.74) is 6.73. The fraction of sp³-hybridized carbons (Fsp3) is 0.176. The van der Waals surface area contributed by atoms with Crippen molar-refractivity contribution in [1.29, 1.82) is 0 Å². The maximum atomic E-state index is 3.60. The van der Waals surface area contributed by atoms with E-state index in [4.69, 9.17) is 0 Å². The van der Waals surface area contributed by atoms with Gasteiger partial charge in [-0.1, -0.05) is 64.0 Å². The van der Waals surface area contributed by atoms with Gasteiger partial charge in [-0.2, -0.15) is 0 Å². The Kier molecular flexibility index (Phi) is 2.87. The Morgan fingerprint density at radius 2 is 1.72 bits per heavy atom. The third-order valence-corrected chi connectivity index (χ3v) is 4.46. The van der Waals surface area contributed by atoms with Crippen molar-refractivity contribution in [3.8, 4) is 0 Å². The van der Waals surface area contributed by atoms with Gasteiger partial charge in [0, 0.05) is 10.4 Å². The van der Waals surface area contributed by atoms with Gasteiger partial charge >= 0.3 is 0 Å². The fourth-order valence-corrected chi connectivity index (χ4v) is 2.86. The number of hydrogen-bond acceptors (Lipinski definition) is 0. The predicted octanol–water partition coefficient (Wildman–Crippen LogP) is 5.22. The molecule has 2 aromatic carbocycles. The highest BCUT2D eigenvalue weighted by atomic mass is 79.9. The van der Waals surface area contributed by atoms with Crippen LogP contribution >= 0.6 is 15.9 Å². The second kappa shape index (κ2) is 4.40. The minimum atomic E-state index is 0.410. The van der Waals surface area contributed by atoms with Crippen molar-refractivity contribution in [2.45, 2.75) is 19.8 Å². The average Bonchev–Trinajstić information content (AvgIpc) is 2.74. The zero-order valence-electron chi connectivity index (χ0n) is 10.6. The SMILES string of the molecule is Cc1ccc(C2C=Cc3cc(Br)c(C)cc32)cc1. The van der Waals surface area contributed by atoms with E-state index >= 15 is 0 Å². The molecule has 0 spiro atoms. The van der Waals surface area contributed by atoms with Gasteiger partial charge in [0.2, 0.25) is 0 Å². The van der Waals surface area contributed by atoms with E-state index in [0.717, 1.165) is 0 Å². The van der Waals surface area contributed by atoms with Crippen LogP contribution in [0.4, 0.5) is 0 Å². The first-order valence-corrected chi connectivity index (χ1v) is 6.99. The van der Waals surface area contributed by atoms with Crippen LogP contribution in [0.15, 0.2) is 46.9 Å². The minimum Gasteiger partial charge on any atom is -0.0720 e. The summed E-state index contributed by atoms with van der Waals surface area (Å²) < 4.78 is 1.19. The third-order valence-electron chi connectivity index (χ3n) is 3.60. The molecule has 1 atom stereocenters. The summed E-state index contributed by atoms with van der Waals surface area (Å²) in [6.45, 7) is 4.28. The zero-order chi connectivity index (χ0) is 12.7. The van der Waals surface area contributed by atoms with Crippen molar-refractivity contribution < 1.29 is 0 Å². The average molecular weight is 299 g/mol. The van der Waals surface area contributed by atoms with Gasteiger partial charge in [-0.3, -0.25) is 0 Å². The normalized spacial score (nSPS) is 16.9. The Morgan fingerprint density at radius 1 is 1.00 bits per heavy atom. The van der Waals surface area contributed by atoms with Crippen LogP contribution in [0.3, 0.4) is 0 Å². The lowest BCUT2D eigenvalue weighted by atomic mass is 9.92. The van der Waals surface area contributed by atoms with Crippen LogP contribution < -0.4 is 0 Å². The second-order valence-corrected chi connectivity index (χ2v) is 5.83. The quantitative estimate of drug-likeness (QED) is 0.677. The molecule has 0 nitrogen and oxygen atoms in total. The molecule has 0 fully saturated rings. The van der Waals surface area contributed by atoms with Crippen LogP contribution in [0.1, 0.15) is 33.7 Å². The van der Waals surface area contributed by atoms with Gasteiger partial charge in [0.25, 0.3) is 0 Å². The number of hydrogen-bond donors (Lipinski definition) is 0. The second-order valence-electron chi connectivity index (χ2n) is 4.98. The lowest BCUT2D eigenvalue weighted by Crippen LogP contribution is -1.97. The Hall–Kier alpha value is -1.34. The monoisotopic (exact) mass is 298 g/mol. The number of benzene rings is 2. The highest BCUT2D eigenvalue weighted by molar-refractivity contribution is 9.10. The molecule has 1 unspecified atom stereocenters. The molecule has 1 heteroatoms. The number of rotatable bonds is 1. The van der Waals surface area contributed by atoms with Gasteiger partial charge in [0.05, 0.1) is 0 Å². The van der Waals surface area contributed by atoms with Crippen molar-refractivity contribution in [3.63, 3.8) is 0 Å². The molecule has 0 N–H and O–H groups in total. The van der Waals surface area contributed by atoms with Gasteiger partial charge in [-0.05, 0) is 42.2 Å². The van der Waals surface area contributed by atoms with E-state index in [1.54, 1.807) is 0 Å². The van der Waals surface area contributed by atoms with Crippen LogP contribution in [0, 0.1) is 13.8 Å². The van der Waals surface area contributed by atoms with Gasteiger partial charge in [0.1, 0.15) is 0 Å². The lowest BCUT2D eigenvalue weighted by molar-refractivity contribution is 1.04. The van der Waals surface area contributed by atoms with Crippen molar-refractivity contribution in [2.24, 2.45) is 0 Å². The van der Waals surface area contributed by atoms with Crippen LogP contribution in [-0.2, 0) is 0 Å². The van der Waals surface area contributed by atoms with E-state index in [0.29, 0.717) is 5.92 Å². The van der Waals surface area contributed by atoms with E-state index in [1.807, 2.05) is 0 Å². The largest absolute Gasteiger partial charge is 0.0720 e. The summed E-state index contributed by atoms with van der Waals surface area (Å²) in [6.07, 6.45) is 4.52. The van der Waals surface area contributed by atoms with Crippen LogP contribution in [0.5, 0.6) is 0 Å². The highest BCUT2D eigenvalue weighted by Gasteiger charge is 2.19. The summed E-state index contributed by atoms with van der Waals surface area (Å²) in [5.74, 6) is 0.410. The molecule has 0 aromatic heterocycles. The topological polar surface area (TPSA) is 0 Å². The van der Waals surface area contributed by atoms with Gasteiger partial charge < -0.3 is 0 Å². The molecule has 1 aliphatic carbocycles. The smallest absolute Gasteiger partial charge is 0.0278 e. The molecule has 0 amide bonds. The van der Waals surface area contributed by atoms with Crippen molar-refractivity contribution >= 4 is 22.0 Å². The summed E-state index contributed by atoms with van der Waals surface area (Å²) in [6, 6.07) is 13.4. The molecule has 90 valence electrons. The lowest BCUT2D eigenvalue weighted by Gasteiger charge is -2.13. The number of allylic oxidation sites excluding steroid dienone is 1. The first-order chi connectivity index (χ1) is 8.65. The van der Waals surface area contributed by atoms with E-state index < -0.39 is 0 Å². The Bertz CT molecular complexity index is 621. The molecule has 0 saturated carbocycles. The molecular formula is C17H15Br. The van der Waals surface area contributed by atoms with Gasteiger partial charge in [0.15, 0.2) is 0 Å². The van der Waals surface area contributed by atoms with Gasteiger partial charge in [-0.15, -0.1) is 0 Å². The van der Waals surface area contributed by atoms with E-state index in [9.17, 15) is 0 Å². The summed E-state index contributed by atoms with van der Waals surface area (Å²) in [5, 5.41) is 0. The van der Waals surface area contributed by atoms with E-state index in [2.05, 4.69) is 78.3 Å². The number of aryl methyl sites for hydroxylation is 2. The van der Waals surface area contributed by atoms with E-state index in [-0.39, 0.29) is 0 Å². The van der Waals surface area contributed by atoms with Crippen LogP contribution in [-0.4, -0.2) is 0 Å². The number of fused-ring (bicyclic) bond motifs is 1. The van der Waals surface area contributed by atoms with Gasteiger partial charge in [-0.25, -0.2) is 0 Å². The molecule has 0 aliphatic heterocycles. The first-order valence-electron chi connectivity index (χ1n) is 6.20. The molecule has 3 rings (SSSR count). The molecule has 18 heavy (non-hydrogen) atoms. The predicted molar refractivity (Wildman–Crippen MR) is 80.9 cm³/mol. The number of halogens is 1. The Labute approximate surface area is 116 Å². The minimum absolute atomic E-state index is 0.410. The molecule has 1 aliphatic rings. The molecule has 0 bridgehead atoms. The Morgan fingerprint density at radius 3 is 2.44 bits per heavy atom. The molecular weight excluding hydrogens is 284 g/mol. The summed E-state index contributed by atoms with van der Waals surface area (Å²) >= 11 is 3.60. The summed E-state index contributed by atoms with van der Waals surface area (Å²) in [4.78, 5) is 0. The Balaban J connectivity index is 2.07. The van der Waals surface area contributed by atoms with Crippen molar-refractivity contribution in [3.05, 3.63) is 74.8 Å². The molecule has 0 heterocycles. The van der Waals surface area contributed by atoms with Crippen molar-refractivity contribution in [2.75, 3.05) is 0 Å². The van der Waals surface area contributed by atoms with Crippen molar-refractivity contribution in [1.82, 2.24) is 0 Å². The maximum Gasteiger partial charge on any atom is 0.0278 e. The van der Waals surface area contributed by atoms with E-state index in [1.165, 1.54) is 32.3 Å². The van der Waals surface area contributed by atoms with Crippen LogP contribution in [0.2, 0.25) is 0 Å². The molecule has 0 radical (unpaired) electrons. The molecule has 2 aromatic rings. The summed E-state index contributed by atoms with van der Waals surface area (Å²) in [7, 11) is 0. The standard InChI is InChI=1S/C17H15Br/c1-11-3-5-13(6-4-11)15-8-7-14-10-17(18)12(2)9-16(14)15/h3-10,15H,1-2H3. The zero-order valence-corrected chi connectivity index (χ0v) is 12.2. The first kappa shape index (κ1) is 11.7. The fourth-order valence-electron chi connectivity index (χ4n) is 2.50. The van der Waals surface area contributed by atoms with Crippen LogP contribution in [0.25, 0.3) is 6.08 Å². The highest BCUT2D eigenvalue weighted by Crippen LogP contribution is 2.37. The third kappa shape index (κ3) is 1.93. The maximum absolute atomic E-state index is 3.60. The molecule has 0 saturated heterocycles.